The van der Waals surface area contributed by atoms with Crippen LogP contribution in [0.1, 0.15) is 13.3 Å². The lowest BCUT2D eigenvalue weighted by Gasteiger charge is -2.36. The van der Waals surface area contributed by atoms with Gasteiger partial charge in [-0.3, -0.25) is 0 Å². The van der Waals surface area contributed by atoms with Crippen molar-refractivity contribution in [3.8, 4) is 0 Å². The van der Waals surface area contributed by atoms with E-state index in [0.29, 0.717) is 17.9 Å². The molecule has 2 rings (SSSR count). The lowest BCUT2D eigenvalue weighted by molar-refractivity contribution is 0.103. The molecule has 1 aromatic rings. The van der Waals surface area contributed by atoms with Gasteiger partial charge in [-0.25, -0.2) is 4.39 Å². The standard InChI is InChI=1S/C12H16ClFN2O/c1-7-2-3-16(6-12(7)17)11-5-9(14)8(13)4-10(11)15/h4-5,7,12,17H,2-3,6,15H2,1H3. The Morgan fingerprint density at radius 1 is 1.53 bits per heavy atom. The number of hydrogen-bond acceptors (Lipinski definition) is 3. The van der Waals surface area contributed by atoms with Crippen molar-refractivity contribution in [2.75, 3.05) is 23.7 Å². The number of piperidine rings is 1. The lowest BCUT2D eigenvalue weighted by Crippen LogP contribution is -2.43. The SMILES string of the molecule is CC1CCN(c2cc(F)c(Cl)cc2N)CC1O. The molecule has 0 saturated carbocycles. The number of aliphatic hydroxyl groups is 1. The number of aliphatic hydroxyl groups excluding tert-OH is 1. The topological polar surface area (TPSA) is 49.5 Å². The summed E-state index contributed by atoms with van der Waals surface area (Å²) >= 11 is 5.65. The van der Waals surface area contributed by atoms with Crippen LogP contribution in [0.3, 0.4) is 0 Å². The van der Waals surface area contributed by atoms with Crippen molar-refractivity contribution in [1.82, 2.24) is 0 Å². The second-order valence-corrected chi connectivity index (χ2v) is 5.01. The maximum Gasteiger partial charge on any atom is 0.144 e. The number of hydrogen-bond donors (Lipinski definition) is 2. The fourth-order valence-electron chi connectivity index (χ4n) is 2.09. The van der Waals surface area contributed by atoms with Crippen molar-refractivity contribution < 1.29 is 9.50 Å². The number of anilines is 2. The molecule has 3 N–H and O–H groups in total. The van der Waals surface area contributed by atoms with Crippen molar-refractivity contribution in [1.29, 1.82) is 0 Å². The molecule has 0 radical (unpaired) electrons. The highest BCUT2D eigenvalue weighted by atomic mass is 35.5. The third kappa shape index (κ3) is 2.48. The molecule has 0 aromatic heterocycles. The van der Waals surface area contributed by atoms with Gasteiger partial charge in [0, 0.05) is 19.2 Å². The third-order valence-corrected chi connectivity index (χ3v) is 3.62. The van der Waals surface area contributed by atoms with Gasteiger partial charge in [-0.05, 0) is 18.4 Å². The number of benzene rings is 1. The minimum atomic E-state index is -0.482. The van der Waals surface area contributed by atoms with E-state index >= 15 is 0 Å². The molecule has 3 nitrogen and oxygen atoms in total. The Morgan fingerprint density at radius 2 is 2.24 bits per heavy atom. The highest BCUT2D eigenvalue weighted by molar-refractivity contribution is 6.31. The van der Waals surface area contributed by atoms with Crippen LogP contribution in [0.2, 0.25) is 5.02 Å². The zero-order valence-electron chi connectivity index (χ0n) is 9.66. The van der Waals surface area contributed by atoms with Crippen molar-refractivity contribution >= 4 is 23.0 Å². The summed E-state index contributed by atoms with van der Waals surface area (Å²) in [5, 5.41) is 9.85. The molecule has 0 aliphatic carbocycles. The molecule has 1 aromatic carbocycles. The average Bonchev–Trinajstić information content (AvgIpc) is 2.27. The molecule has 1 aliphatic rings. The van der Waals surface area contributed by atoms with Gasteiger partial charge in [0.25, 0.3) is 0 Å². The molecular weight excluding hydrogens is 243 g/mol. The zero-order chi connectivity index (χ0) is 12.6. The lowest BCUT2D eigenvalue weighted by atomic mass is 9.95. The molecule has 17 heavy (non-hydrogen) atoms. The number of rotatable bonds is 1. The van der Waals surface area contributed by atoms with Crippen LogP contribution in [0.4, 0.5) is 15.8 Å². The smallest absolute Gasteiger partial charge is 0.144 e. The summed E-state index contributed by atoms with van der Waals surface area (Å²) in [5.74, 6) is -0.214. The van der Waals surface area contributed by atoms with E-state index in [1.54, 1.807) is 0 Å². The first kappa shape index (κ1) is 12.5. The molecule has 2 unspecified atom stereocenters. The summed E-state index contributed by atoms with van der Waals surface area (Å²) in [5.41, 5.74) is 6.88. The van der Waals surface area contributed by atoms with Gasteiger partial charge in [0.05, 0.1) is 22.5 Å². The second kappa shape index (κ2) is 4.70. The highest BCUT2D eigenvalue weighted by Gasteiger charge is 2.25. The van der Waals surface area contributed by atoms with E-state index < -0.39 is 11.9 Å². The Labute approximate surface area is 105 Å². The highest BCUT2D eigenvalue weighted by Crippen LogP contribution is 2.31. The van der Waals surface area contributed by atoms with Crippen molar-refractivity contribution in [2.24, 2.45) is 5.92 Å². The van der Waals surface area contributed by atoms with Gasteiger partial charge in [-0.15, -0.1) is 0 Å². The Kier molecular flexibility index (Phi) is 3.45. The van der Waals surface area contributed by atoms with Crippen molar-refractivity contribution in [2.45, 2.75) is 19.4 Å². The van der Waals surface area contributed by atoms with Crippen LogP contribution in [0.25, 0.3) is 0 Å². The molecule has 1 aliphatic heterocycles. The Bertz CT molecular complexity index is 427. The fourth-order valence-corrected chi connectivity index (χ4v) is 2.27. The predicted octanol–water partition coefficient (Wildman–Crippen LogP) is 2.27. The van der Waals surface area contributed by atoms with Gasteiger partial charge in [0.15, 0.2) is 0 Å². The van der Waals surface area contributed by atoms with Crippen LogP contribution in [0.5, 0.6) is 0 Å². The van der Waals surface area contributed by atoms with Crippen LogP contribution in [0, 0.1) is 11.7 Å². The van der Waals surface area contributed by atoms with E-state index in [1.165, 1.54) is 12.1 Å². The van der Waals surface area contributed by atoms with Crippen LogP contribution < -0.4 is 10.6 Å². The molecule has 1 heterocycles. The summed E-state index contributed by atoms with van der Waals surface area (Å²) in [6.07, 6.45) is 0.465. The molecule has 5 heteroatoms. The van der Waals surface area contributed by atoms with Gasteiger partial charge >= 0.3 is 0 Å². The maximum absolute atomic E-state index is 13.4. The number of halogens is 2. The van der Waals surface area contributed by atoms with E-state index in [0.717, 1.165) is 13.0 Å². The van der Waals surface area contributed by atoms with Crippen LogP contribution in [-0.4, -0.2) is 24.3 Å². The molecule has 2 atom stereocenters. The monoisotopic (exact) mass is 258 g/mol. The van der Waals surface area contributed by atoms with E-state index in [-0.39, 0.29) is 10.9 Å². The molecule has 0 spiro atoms. The Morgan fingerprint density at radius 3 is 2.88 bits per heavy atom. The molecular formula is C12H16ClFN2O. The summed E-state index contributed by atoms with van der Waals surface area (Å²) in [4.78, 5) is 1.90. The first-order valence-electron chi connectivity index (χ1n) is 5.66. The minimum Gasteiger partial charge on any atom is -0.397 e. The number of β-amino-alcohol motifs (C(OH)–C–C–N with tert-alkyl or cyclic N) is 1. The number of nitrogen functional groups attached to an aromatic ring is 1. The van der Waals surface area contributed by atoms with Crippen LogP contribution >= 0.6 is 11.6 Å². The van der Waals surface area contributed by atoms with Gasteiger partial charge in [-0.1, -0.05) is 18.5 Å². The van der Waals surface area contributed by atoms with Gasteiger partial charge in [-0.2, -0.15) is 0 Å². The maximum atomic E-state index is 13.4. The van der Waals surface area contributed by atoms with Gasteiger partial charge < -0.3 is 15.7 Å². The molecule has 0 amide bonds. The average molecular weight is 259 g/mol. The largest absolute Gasteiger partial charge is 0.397 e. The zero-order valence-corrected chi connectivity index (χ0v) is 10.4. The van der Waals surface area contributed by atoms with E-state index in [2.05, 4.69) is 0 Å². The Balaban J connectivity index is 2.26. The third-order valence-electron chi connectivity index (χ3n) is 3.33. The van der Waals surface area contributed by atoms with Crippen molar-refractivity contribution in [3.05, 3.63) is 23.0 Å². The minimum absolute atomic E-state index is 0.0252. The molecule has 1 saturated heterocycles. The first-order valence-corrected chi connectivity index (χ1v) is 6.04. The van der Waals surface area contributed by atoms with Crippen molar-refractivity contribution in [3.63, 3.8) is 0 Å². The van der Waals surface area contributed by atoms with E-state index in [4.69, 9.17) is 17.3 Å². The fraction of sp³-hybridized carbons (Fsp3) is 0.500. The summed E-state index contributed by atoms with van der Waals surface area (Å²) < 4.78 is 13.4. The quantitative estimate of drug-likeness (QED) is 0.760. The molecule has 0 bridgehead atoms. The normalized spacial score (nSPS) is 25.1. The van der Waals surface area contributed by atoms with Gasteiger partial charge in [0.1, 0.15) is 5.82 Å². The van der Waals surface area contributed by atoms with E-state index in [1.807, 2.05) is 11.8 Å². The van der Waals surface area contributed by atoms with Crippen LogP contribution in [0.15, 0.2) is 12.1 Å². The van der Waals surface area contributed by atoms with E-state index in [9.17, 15) is 9.50 Å². The van der Waals surface area contributed by atoms with Crippen LogP contribution in [-0.2, 0) is 0 Å². The molecule has 1 fully saturated rings. The second-order valence-electron chi connectivity index (χ2n) is 4.60. The summed E-state index contributed by atoms with van der Waals surface area (Å²) in [6.45, 7) is 3.25. The summed E-state index contributed by atoms with van der Waals surface area (Å²) in [6, 6.07) is 2.75. The van der Waals surface area contributed by atoms with Gasteiger partial charge in [0.2, 0.25) is 0 Å². The predicted molar refractivity (Wildman–Crippen MR) is 67.8 cm³/mol. The Hall–Kier alpha value is -1.00. The first-order chi connectivity index (χ1) is 7.99. The molecule has 94 valence electrons. The number of nitrogens with two attached hydrogens (primary N) is 1. The number of nitrogens with zero attached hydrogens (tertiary/aromatic N) is 1. The summed E-state index contributed by atoms with van der Waals surface area (Å²) in [7, 11) is 0.